The molecule has 0 unspecified atom stereocenters. The number of hydrogen-bond acceptors (Lipinski definition) is 1. The van der Waals surface area contributed by atoms with Crippen LogP contribution in [0.25, 0.3) is 0 Å². The molecule has 0 aliphatic rings. The second-order valence-electron chi connectivity index (χ2n) is 1.41. The van der Waals surface area contributed by atoms with Gasteiger partial charge in [0, 0.05) is 0 Å². The normalized spacial score (nSPS) is 13.0. The van der Waals surface area contributed by atoms with Crippen LogP contribution in [0.15, 0.2) is 24.2 Å². The van der Waals surface area contributed by atoms with Gasteiger partial charge in [-0.1, -0.05) is 0 Å². The molecule has 0 heterocycles. The van der Waals surface area contributed by atoms with E-state index in [0.29, 0.717) is 0 Å². The second-order valence-corrected chi connectivity index (χ2v) is 2.80. The van der Waals surface area contributed by atoms with E-state index in [-0.39, 0.29) is 10.4 Å². The zero-order chi connectivity index (χ0) is 8.43. The van der Waals surface area contributed by atoms with Crippen LogP contribution in [0.5, 0.6) is 0 Å². The van der Waals surface area contributed by atoms with Crippen molar-refractivity contribution in [2.75, 3.05) is 0 Å². The first-order valence-electron chi connectivity index (χ1n) is 3.26. The van der Waals surface area contributed by atoms with Crippen LogP contribution < -0.4 is 4.35 Å². The van der Waals surface area contributed by atoms with Crippen LogP contribution in [-0.2, 0) is 3.74 Å². The molecule has 1 aromatic rings. The summed E-state index contributed by atoms with van der Waals surface area (Å²) in [6.45, 7) is 0. The molecule has 0 radical (unpaired) electrons. The van der Waals surface area contributed by atoms with Crippen molar-refractivity contribution in [2.24, 2.45) is 0 Å². The first kappa shape index (κ1) is 4.34. The van der Waals surface area contributed by atoms with Gasteiger partial charge in [-0.15, -0.1) is 0 Å². The van der Waals surface area contributed by atoms with Gasteiger partial charge in [0.05, 0.1) is 0 Å². The van der Waals surface area contributed by atoms with Crippen molar-refractivity contribution in [1.82, 2.24) is 0 Å². The molecule has 0 spiro atoms. The third-order valence-electron chi connectivity index (χ3n) is 0.796. The van der Waals surface area contributed by atoms with Crippen molar-refractivity contribution in [3.05, 3.63) is 30.0 Å². The van der Waals surface area contributed by atoms with Gasteiger partial charge in [0.25, 0.3) is 0 Å². The van der Waals surface area contributed by atoms with Gasteiger partial charge in [0.2, 0.25) is 0 Å². The molecule has 0 aromatic heterocycles. The van der Waals surface area contributed by atoms with E-state index in [2.05, 4.69) is 0 Å². The van der Waals surface area contributed by atoms with E-state index in [1.807, 2.05) is 0 Å². The molecule has 0 atom stereocenters. The standard InChI is InChI=1S/C6H4AsFO/c8-6-3-1-5(7-9)2-4-6/h1-4H/i1D,3D. The fraction of sp³-hybridized carbons (Fsp3) is 0. The van der Waals surface area contributed by atoms with Gasteiger partial charge < -0.3 is 0 Å². The Morgan fingerprint density at radius 2 is 2.33 bits per heavy atom. The molecule has 0 aliphatic heterocycles. The van der Waals surface area contributed by atoms with E-state index in [9.17, 15) is 8.13 Å². The fourth-order valence-electron chi connectivity index (χ4n) is 0.412. The summed E-state index contributed by atoms with van der Waals surface area (Å²) in [6, 6.07) is 1.60. The van der Waals surface area contributed by atoms with Gasteiger partial charge >= 0.3 is 60.9 Å². The summed E-state index contributed by atoms with van der Waals surface area (Å²) in [5.74, 6) is -0.742. The van der Waals surface area contributed by atoms with Crippen molar-refractivity contribution >= 4 is 20.0 Å². The van der Waals surface area contributed by atoms with E-state index in [0.717, 1.165) is 6.07 Å². The third kappa shape index (κ3) is 1.72. The van der Waals surface area contributed by atoms with Crippen molar-refractivity contribution in [3.8, 4) is 0 Å². The quantitative estimate of drug-likeness (QED) is 0.586. The van der Waals surface area contributed by atoms with E-state index in [4.69, 9.17) is 2.74 Å². The predicted molar refractivity (Wildman–Crippen MR) is 32.5 cm³/mol. The zero-order valence-electron chi connectivity index (χ0n) is 6.39. The molecule has 1 aromatic carbocycles. The van der Waals surface area contributed by atoms with Gasteiger partial charge in [-0.3, -0.25) is 0 Å². The number of halogens is 1. The Hall–Kier alpha value is -0.492. The topological polar surface area (TPSA) is 17.1 Å². The zero-order valence-corrected chi connectivity index (χ0v) is 6.26. The molecule has 46 valence electrons. The Kier molecular flexibility index (Phi) is 1.39. The number of rotatable bonds is 1. The van der Waals surface area contributed by atoms with Gasteiger partial charge in [0.1, 0.15) is 0 Å². The molecular weight excluding hydrogens is 182 g/mol. The molecule has 0 amide bonds. The Balaban J connectivity index is 3.36. The van der Waals surface area contributed by atoms with Gasteiger partial charge in [-0.25, -0.2) is 0 Å². The van der Waals surface area contributed by atoms with Gasteiger partial charge in [-0.05, 0) is 0 Å². The van der Waals surface area contributed by atoms with Gasteiger partial charge in [0.15, 0.2) is 0 Å². The summed E-state index contributed by atoms with van der Waals surface area (Å²) in [4.78, 5) is 0. The average molecular weight is 188 g/mol. The molecule has 0 fully saturated rings. The molecule has 9 heavy (non-hydrogen) atoms. The van der Waals surface area contributed by atoms with Crippen LogP contribution in [-0.4, -0.2) is 15.7 Å². The maximum absolute atomic E-state index is 12.5. The fourth-order valence-corrected chi connectivity index (χ4v) is 0.910. The molecule has 0 N–H and O–H groups in total. The number of benzene rings is 1. The SMILES string of the molecule is [2H]c1c(F)ccc([As]=O)c1[2H]. The molecule has 0 aliphatic carbocycles. The molecular formula is C6H4AsFO. The summed E-state index contributed by atoms with van der Waals surface area (Å²) >= 11 is -1.33. The minimum atomic E-state index is -1.33. The minimum absolute atomic E-state index is 0.257. The van der Waals surface area contributed by atoms with E-state index >= 15 is 0 Å². The van der Waals surface area contributed by atoms with Crippen molar-refractivity contribution < 1.29 is 10.9 Å². The van der Waals surface area contributed by atoms with Crippen molar-refractivity contribution in [1.29, 1.82) is 0 Å². The van der Waals surface area contributed by atoms with Crippen LogP contribution in [0.3, 0.4) is 0 Å². The van der Waals surface area contributed by atoms with Crippen molar-refractivity contribution in [2.45, 2.75) is 0 Å². The van der Waals surface area contributed by atoms with Crippen LogP contribution in [0.2, 0.25) is 0 Å². The molecule has 3 heteroatoms. The monoisotopic (exact) mass is 188 g/mol. The molecule has 0 saturated heterocycles. The summed E-state index contributed by atoms with van der Waals surface area (Å²) in [6.07, 6.45) is 0. The first-order chi connectivity index (χ1) is 5.16. The summed E-state index contributed by atoms with van der Waals surface area (Å²) in [5.41, 5.74) is 0. The third-order valence-corrected chi connectivity index (χ3v) is 1.76. The van der Waals surface area contributed by atoms with E-state index in [1.54, 1.807) is 0 Å². The van der Waals surface area contributed by atoms with Crippen LogP contribution in [0, 0.1) is 5.82 Å². The summed E-state index contributed by atoms with van der Waals surface area (Å²) < 4.78 is 37.3. The van der Waals surface area contributed by atoms with E-state index in [1.165, 1.54) is 6.07 Å². The Morgan fingerprint density at radius 3 is 3.00 bits per heavy atom. The maximum atomic E-state index is 12.5. The van der Waals surface area contributed by atoms with Gasteiger partial charge in [-0.2, -0.15) is 0 Å². The first-order valence-corrected chi connectivity index (χ1v) is 3.96. The molecule has 0 bridgehead atoms. The average Bonchev–Trinajstić information content (AvgIpc) is 2.01. The van der Waals surface area contributed by atoms with Crippen LogP contribution in [0.4, 0.5) is 4.39 Å². The molecule has 1 rings (SSSR count). The van der Waals surface area contributed by atoms with Crippen LogP contribution in [0.1, 0.15) is 2.74 Å². The Morgan fingerprint density at radius 1 is 1.56 bits per heavy atom. The van der Waals surface area contributed by atoms with E-state index < -0.39 is 27.6 Å². The Bertz CT molecular complexity index is 303. The second kappa shape index (κ2) is 2.88. The molecule has 0 saturated carbocycles. The summed E-state index contributed by atoms with van der Waals surface area (Å²) in [5, 5.41) is 0. The summed E-state index contributed by atoms with van der Waals surface area (Å²) in [7, 11) is 0. The van der Waals surface area contributed by atoms with Crippen LogP contribution >= 0.6 is 0 Å². The Labute approximate surface area is 61.6 Å². The number of hydrogen-bond donors (Lipinski definition) is 0. The van der Waals surface area contributed by atoms with Crippen molar-refractivity contribution in [3.63, 3.8) is 0 Å². The molecule has 1 nitrogen and oxygen atoms in total. The predicted octanol–water partition coefficient (Wildman–Crippen LogP) is 0.501.